The summed E-state index contributed by atoms with van der Waals surface area (Å²) in [6.45, 7) is 3.67. The van der Waals surface area contributed by atoms with Crippen LogP contribution in [0, 0.1) is 0 Å². The summed E-state index contributed by atoms with van der Waals surface area (Å²) in [4.78, 5) is 22.9. The van der Waals surface area contributed by atoms with Crippen LogP contribution in [0.2, 0.25) is 0 Å². The first kappa shape index (κ1) is 10.7. The second-order valence-electron chi connectivity index (χ2n) is 4.24. The second kappa shape index (κ2) is 3.63. The summed E-state index contributed by atoms with van der Waals surface area (Å²) in [6.07, 6.45) is 0. The molecule has 2 atom stereocenters. The van der Waals surface area contributed by atoms with E-state index in [0.717, 1.165) is 5.56 Å². The SMILES string of the molecule is C[C@H](c1ccccc1)[C@@]1(C)NC(=O)NC1=O. The van der Waals surface area contributed by atoms with Crippen LogP contribution in [0.15, 0.2) is 30.3 Å². The average molecular weight is 218 g/mol. The minimum atomic E-state index is -0.863. The monoisotopic (exact) mass is 218 g/mol. The molecule has 4 heteroatoms. The third-order valence-corrected chi connectivity index (χ3v) is 3.24. The first-order valence-corrected chi connectivity index (χ1v) is 5.22. The summed E-state index contributed by atoms with van der Waals surface area (Å²) in [7, 11) is 0. The van der Waals surface area contributed by atoms with Gasteiger partial charge in [0.2, 0.25) is 0 Å². The first-order chi connectivity index (χ1) is 7.54. The molecule has 0 radical (unpaired) electrons. The molecule has 1 aromatic rings. The van der Waals surface area contributed by atoms with Crippen LogP contribution in [-0.2, 0) is 4.79 Å². The lowest BCUT2D eigenvalue weighted by Gasteiger charge is -2.28. The molecule has 0 aromatic heterocycles. The number of hydrogen-bond acceptors (Lipinski definition) is 2. The lowest BCUT2D eigenvalue weighted by atomic mass is 9.82. The van der Waals surface area contributed by atoms with Crippen LogP contribution >= 0.6 is 0 Å². The van der Waals surface area contributed by atoms with E-state index in [1.807, 2.05) is 37.3 Å². The van der Waals surface area contributed by atoms with Crippen molar-refractivity contribution in [2.24, 2.45) is 0 Å². The van der Waals surface area contributed by atoms with Gasteiger partial charge in [0.1, 0.15) is 5.54 Å². The van der Waals surface area contributed by atoms with Gasteiger partial charge in [0.25, 0.3) is 5.91 Å². The van der Waals surface area contributed by atoms with Crippen LogP contribution < -0.4 is 10.6 Å². The van der Waals surface area contributed by atoms with Gasteiger partial charge in [0, 0.05) is 5.92 Å². The van der Waals surface area contributed by atoms with Gasteiger partial charge in [-0.05, 0) is 12.5 Å². The summed E-state index contributed by atoms with van der Waals surface area (Å²) < 4.78 is 0. The third-order valence-electron chi connectivity index (χ3n) is 3.24. The fraction of sp³-hybridized carbons (Fsp3) is 0.333. The summed E-state index contributed by atoms with van der Waals surface area (Å²) in [5.74, 6) is -0.339. The molecule has 16 heavy (non-hydrogen) atoms. The van der Waals surface area contributed by atoms with Gasteiger partial charge < -0.3 is 5.32 Å². The highest BCUT2D eigenvalue weighted by Gasteiger charge is 2.46. The Morgan fingerprint density at radius 3 is 2.31 bits per heavy atom. The Hall–Kier alpha value is -1.84. The van der Waals surface area contributed by atoms with Gasteiger partial charge in [0.15, 0.2) is 0 Å². The van der Waals surface area contributed by atoms with Gasteiger partial charge in [-0.15, -0.1) is 0 Å². The molecule has 0 saturated carbocycles. The predicted octanol–water partition coefficient (Wildman–Crippen LogP) is 1.39. The number of carbonyl (C=O) groups excluding carboxylic acids is 2. The zero-order valence-electron chi connectivity index (χ0n) is 9.28. The number of rotatable bonds is 2. The van der Waals surface area contributed by atoms with Crippen LogP contribution in [0.3, 0.4) is 0 Å². The van der Waals surface area contributed by atoms with E-state index < -0.39 is 11.6 Å². The summed E-state index contributed by atoms with van der Waals surface area (Å²) in [6, 6.07) is 9.25. The molecular weight excluding hydrogens is 204 g/mol. The third kappa shape index (κ3) is 1.56. The van der Waals surface area contributed by atoms with E-state index in [9.17, 15) is 9.59 Å². The quantitative estimate of drug-likeness (QED) is 0.737. The summed E-state index contributed by atoms with van der Waals surface area (Å²) in [5.41, 5.74) is 0.167. The van der Waals surface area contributed by atoms with Gasteiger partial charge in [0.05, 0.1) is 0 Å². The van der Waals surface area contributed by atoms with Gasteiger partial charge in [-0.2, -0.15) is 0 Å². The normalized spacial score (nSPS) is 26.1. The van der Waals surface area contributed by atoms with Crippen molar-refractivity contribution in [3.63, 3.8) is 0 Å². The Labute approximate surface area is 94.0 Å². The highest BCUT2D eigenvalue weighted by atomic mass is 16.2. The molecule has 1 aliphatic heterocycles. The Morgan fingerprint density at radius 1 is 1.19 bits per heavy atom. The molecule has 1 saturated heterocycles. The highest BCUT2D eigenvalue weighted by Crippen LogP contribution is 2.29. The van der Waals surface area contributed by atoms with Crippen molar-refractivity contribution in [3.8, 4) is 0 Å². The van der Waals surface area contributed by atoms with Crippen LogP contribution in [0.4, 0.5) is 4.79 Å². The van der Waals surface area contributed by atoms with Crippen molar-refractivity contribution in [3.05, 3.63) is 35.9 Å². The largest absolute Gasteiger partial charge is 0.323 e. The maximum absolute atomic E-state index is 11.7. The average Bonchev–Trinajstić information content (AvgIpc) is 2.54. The van der Waals surface area contributed by atoms with Crippen molar-refractivity contribution in [2.75, 3.05) is 0 Å². The Morgan fingerprint density at radius 2 is 1.81 bits per heavy atom. The number of benzene rings is 1. The Kier molecular flexibility index (Phi) is 2.42. The van der Waals surface area contributed by atoms with Gasteiger partial charge in [-0.25, -0.2) is 4.79 Å². The second-order valence-corrected chi connectivity index (χ2v) is 4.24. The molecule has 0 spiro atoms. The number of urea groups is 1. The molecule has 0 aliphatic carbocycles. The molecular formula is C12H14N2O2. The standard InChI is InChI=1S/C12H14N2O2/c1-8(9-6-4-3-5-7-9)12(2)10(15)13-11(16)14-12/h3-8H,1-2H3,(H2,13,14,15,16)/t8-,12-/m1/s1. The van der Waals surface area contributed by atoms with Crippen molar-refractivity contribution >= 4 is 11.9 Å². The summed E-state index contributed by atoms with van der Waals surface area (Å²) >= 11 is 0. The predicted molar refractivity (Wildman–Crippen MR) is 59.9 cm³/mol. The first-order valence-electron chi connectivity index (χ1n) is 5.22. The number of imide groups is 1. The number of nitrogens with one attached hydrogen (secondary N) is 2. The number of carbonyl (C=O) groups is 2. The van der Waals surface area contributed by atoms with E-state index in [0.29, 0.717) is 0 Å². The topological polar surface area (TPSA) is 58.2 Å². The maximum atomic E-state index is 11.7. The van der Waals surface area contributed by atoms with Crippen molar-refractivity contribution in [1.29, 1.82) is 0 Å². The van der Waals surface area contributed by atoms with Gasteiger partial charge >= 0.3 is 6.03 Å². The minimum absolute atomic E-state index is 0.0693. The van der Waals surface area contributed by atoms with E-state index in [2.05, 4.69) is 10.6 Å². The van der Waals surface area contributed by atoms with Gasteiger partial charge in [-0.3, -0.25) is 10.1 Å². The fourth-order valence-electron chi connectivity index (χ4n) is 1.94. The molecule has 84 valence electrons. The van der Waals surface area contributed by atoms with Crippen molar-refractivity contribution in [2.45, 2.75) is 25.3 Å². The van der Waals surface area contributed by atoms with E-state index in [1.54, 1.807) is 6.92 Å². The number of hydrogen-bond donors (Lipinski definition) is 2. The summed E-state index contributed by atoms with van der Waals surface area (Å²) in [5, 5.41) is 4.95. The van der Waals surface area contributed by atoms with Crippen LogP contribution in [-0.4, -0.2) is 17.5 Å². The van der Waals surface area contributed by atoms with Crippen molar-refractivity contribution in [1.82, 2.24) is 10.6 Å². The van der Waals surface area contributed by atoms with E-state index in [4.69, 9.17) is 0 Å². The molecule has 1 aliphatic rings. The number of amides is 3. The molecule has 0 bridgehead atoms. The smallest absolute Gasteiger partial charge is 0.322 e. The zero-order valence-corrected chi connectivity index (χ0v) is 9.28. The van der Waals surface area contributed by atoms with Crippen LogP contribution in [0.25, 0.3) is 0 Å². The molecule has 3 amide bonds. The molecule has 4 nitrogen and oxygen atoms in total. The Balaban J connectivity index is 2.32. The van der Waals surface area contributed by atoms with E-state index in [-0.39, 0.29) is 11.8 Å². The molecule has 1 aromatic carbocycles. The molecule has 2 rings (SSSR count). The highest BCUT2D eigenvalue weighted by molar-refractivity contribution is 6.07. The van der Waals surface area contributed by atoms with Gasteiger partial charge in [-0.1, -0.05) is 37.3 Å². The molecule has 1 fully saturated rings. The minimum Gasteiger partial charge on any atom is -0.323 e. The molecule has 2 N–H and O–H groups in total. The van der Waals surface area contributed by atoms with Crippen LogP contribution in [0.1, 0.15) is 25.3 Å². The fourth-order valence-corrected chi connectivity index (χ4v) is 1.94. The van der Waals surface area contributed by atoms with Crippen molar-refractivity contribution < 1.29 is 9.59 Å². The maximum Gasteiger partial charge on any atom is 0.322 e. The Bertz CT molecular complexity index is 430. The van der Waals surface area contributed by atoms with E-state index in [1.165, 1.54) is 0 Å². The zero-order chi connectivity index (χ0) is 11.8. The molecule has 0 unspecified atom stereocenters. The lowest BCUT2D eigenvalue weighted by Crippen LogP contribution is -2.48. The van der Waals surface area contributed by atoms with Crippen LogP contribution in [0.5, 0.6) is 0 Å². The molecule has 1 heterocycles. The lowest BCUT2D eigenvalue weighted by molar-refractivity contribution is -0.124. The van der Waals surface area contributed by atoms with E-state index >= 15 is 0 Å².